The van der Waals surface area contributed by atoms with Crippen molar-refractivity contribution < 1.29 is 52.8 Å². The lowest BCUT2D eigenvalue weighted by atomic mass is 10.2. The van der Waals surface area contributed by atoms with Crippen molar-refractivity contribution in [2.24, 2.45) is 0 Å². The van der Waals surface area contributed by atoms with E-state index < -0.39 is 35.2 Å². The Hall–Kier alpha value is -0.640. The highest BCUT2D eigenvalue weighted by Crippen LogP contribution is 2.27. The molecule has 0 aliphatic carbocycles. The Balaban J connectivity index is 0. The van der Waals surface area contributed by atoms with Gasteiger partial charge in [0.25, 0.3) is 0 Å². The molecule has 0 aromatic rings. The van der Waals surface area contributed by atoms with Gasteiger partial charge in [-0.3, -0.25) is 0 Å². The maximum absolute atomic E-state index is 11.5. The zero-order chi connectivity index (χ0) is 21.4. The number of halogens is 6. The van der Waals surface area contributed by atoms with E-state index >= 15 is 0 Å². The third-order valence-electron chi connectivity index (χ3n) is 2.55. The molecule has 0 aliphatic rings. The average Bonchev–Trinajstić information content (AvgIpc) is 2.34. The van der Waals surface area contributed by atoms with Gasteiger partial charge in [0.2, 0.25) is 0 Å². The second kappa shape index (κ2) is 10.1. The monoisotopic (exact) mass is 440 g/mol. The maximum Gasteiger partial charge on any atom is 0.512 e. The number of nitrogens with one attached hydrogen (secondary N) is 1. The number of alkyl halides is 6. The summed E-state index contributed by atoms with van der Waals surface area (Å²) in [6.07, 6.45) is 4.45. The second-order valence-corrected chi connectivity index (χ2v) is 9.72. The van der Waals surface area contributed by atoms with Crippen LogP contribution in [0.3, 0.4) is 0 Å². The summed E-state index contributed by atoms with van der Waals surface area (Å²) < 4.78 is 109. The van der Waals surface area contributed by atoms with Crippen molar-refractivity contribution in [1.29, 1.82) is 0 Å². The maximum atomic E-state index is 11.5. The van der Waals surface area contributed by atoms with Gasteiger partial charge in [0.05, 0.1) is 27.7 Å². The second-order valence-electron chi connectivity index (χ2n) is 6.11. The normalized spacial score (nSPS) is 13.9. The van der Waals surface area contributed by atoms with Crippen LogP contribution in [-0.4, -0.2) is 66.6 Å². The molecule has 7 nitrogen and oxygen atoms in total. The molecule has 0 fully saturated rings. The molecular weight excluding hydrogens is 418 g/mol. The molecule has 15 heteroatoms. The minimum absolute atomic E-state index is 0.102. The number of sulfonamides is 2. The van der Waals surface area contributed by atoms with Crippen LogP contribution in [0.1, 0.15) is 25.7 Å². The van der Waals surface area contributed by atoms with Gasteiger partial charge in [-0.1, -0.05) is 17.0 Å². The number of quaternary nitrogens is 1. The number of hydrogen-bond acceptors (Lipinski definition) is 5. The molecule has 0 saturated heterocycles. The fourth-order valence-corrected chi connectivity index (χ4v) is 3.19. The molecule has 0 bridgehead atoms. The van der Waals surface area contributed by atoms with Gasteiger partial charge < -0.3 is 9.59 Å². The Bertz CT molecular complexity index is 566. The summed E-state index contributed by atoms with van der Waals surface area (Å²) >= 11 is 0. The highest BCUT2D eigenvalue weighted by Gasteiger charge is 2.55. The summed E-state index contributed by atoms with van der Waals surface area (Å²) in [5.74, 6) is 0. The van der Waals surface area contributed by atoms with Crippen molar-refractivity contribution in [3.05, 3.63) is 0 Å². The summed E-state index contributed by atoms with van der Waals surface area (Å²) in [5.41, 5.74) is -12.3. The molecule has 1 N–H and O–H groups in total. The van der Waals surface area contributed by atoms with E-state index in [0.717, 1.165) is 17.3 Å². The van der Waals surface area contributed by atoms with Crippen molar-refractivity contribution in [2.45, 2.75) is 36.7 Å². The van der Waals surface area contributed by atoms with Crippen molar-refractivity contribution in [2.75, 3.05) is 34.3 Å². The van der Waals surface area contributed by atoms with Gasteiger partial charge in [-0.25, -0.2) is 16.8 Å². The summed E-state index contributed by atoms with van der Waals surface area (Å²) in [6.45, 7) is 1.32. The largest absolute Gasteiger partial charge is 0.854 e. The van der Waals surface area contributed by atoms with Gasteiger partial charge in [-0.2, -0.15) is 26.3 Å². The number of nitrogens with zero attached hydrogens (tertiary/aromatic N) is 1. The van der Waals surface area contributed by atoms with Gasteiger partial charge in [-0.05, 0) is 12.8 Å². The van der Waals surface area contributed by atoms with E-state index in [1.165, 1.54) is 19.4 Å². The molecule has 0 radical (unpaired) electrons. The predicted molar refractivity (Wildman–Crippen MR) is 79.3 cm³/mol. The van der Waals surface area contributed by atoms with Crippen molar-refractivity contribution in [3.63, 3.8) is 0 Å². The van der Waals surface area contributed by atoms with Crippen LogP contribution in [-0.2, 0) is 20.0 Å². The standard InChI is InChI=1S/C9H21NO.C2HF6NO4S2/c1-10(2,3)8-6-4-5-7-9-11;3-1(4,5)14(10,11)9-15(12,13)2(6,7)8/h4-9H2,1-3H3;9H. The van der Waals surface area contributed by atoms with E-state index in [-0.39, 0.29) is 6.61 Å². The summed E-state index contributed by atoms with van der Waals surface area (Å²) in [5, 5.41) is 10.1. The molecule has 0 unspecified atom stereocenters. The molecule has 0 atom stereocenters. The molecule has 0 spiro atoms. The Morgan fingerprint density at radius 3 is 1.38 bits per heavy atom. The molecule has 0 aliphatic heterocycles. The van der Waals surface area contributed by atoms with E-state index in [1.807, 2.05) is 0 Å². The van der Waals surface area contributed by atoms with Gasteiger partial charge >= 0.3 is 31.1 Å². The lowest BCUT2D eigenvalue weighted by Gasteiger charge is -2.23. The molecule has 0 saturated carbocycles. The van der Waals surface area contributed by atoms with Gasteiger partial charge in [0, 0.05) is 0 Å². The minimum Gasteiger partial charge on any atom is -0.854 e. The third kappa shape index (κ3) is 11.9. The van der Waals surface area contributed by atoms with Crippen LogP contribution in [0, 0.1) is 0 Å². The first-order chi connectivity index (χ1) is 11.3. The van der Waals surface area contributed by atoms with E-state index in [4.69, 9.17) is 0 Å². The number of rotatable bonds is 8. The minimum atomic E-state index is -6.60. The Morgan fingerprint density at radius 2 is 1.12 bits per heavy atom. The van der Waals surface area contributed by atoms with Crippen molar-refractivity contribution >= 4 is 20.0 Å². The zero-order valence-corrected chi connectivity index (χ0v) is 15.9. The summed E-state index contributed by atoms with van der Waals surface area (Å²) in [6, 6.07) is 0. The number of unbranched alkanes of at least 4 members (excludes halogenated alkanes) is 3. The first kappa shape index (κ1) is 27.6. The molecule has 0 aromatic heterocycles. The smallest absolute Gasteiger partial charge is 0.512 e. The lowest BCUT2D eigenvalue weighted by Crippen LogP contribution is -2.45. The molecular formula is C11H22F6N2O5S2. The van der Waals surface area contributed by atoms with Crippen molar-refractivity contribution in [3.8, 4) is 0 Å². The SMILES string of the molecule is C[N+](C)(C)CCCCCC[O-].O=S(=O)(NS(=O)(=O)C(F)(F)F)C(F)(F)F. The van der Waals surface area contributed by atoms with Crippen LogP contribution in [0.25, 0.3) is 0 Å². The van der Waals surface area contributed by atoms with Crippen LogP contribution in [0.2, 0.25) is 0 Å². The van der Waals surface area contributed by atoms with Crippen LogP contribution < -0.4 is 9.23 Å². The van der Waals surface area contributed by atoms with Crippen molar-refractivity contribution in [1.82, 2.24) is 4.13 Å². The van der Waals surface area contributed by atoms with E-state index in [0.29, 0.717) is 0 Å². The predicted octanol–water partition coefficient (Wildman–Crippen LogP) is 0.888. The summed E-state index contributed by atoms with van der Waals surface area (Å²) in [7, 11) is -6.59. The molecule has 0 amide bonds. The zero-order valence-electron chi connectivity index (χ0n) is 14.3. The molecule has 160 valence electrons. The highest BCUT2D eigenvalue weighted by atomic mass is 32.3. The quantitative estimate of drug-likeness (QED) is 0.343. The Morgan fingerprint density at radius 1 is 0.769 bits per heavy atom. The topological polar surface area (TPSA) is 103 Å². The fourth-order valence-electron chi connectivity index (χ4n) is 1.28. The molecule has 0 rings (SSSR count). The average molecular weight is 440 g/mol. The Labute approximate surface area is 148 Å². The fraction of sp³-hybridized carbons (Fsp3) is 1.00. The molecule has 0 heterocycles. The van der Waals surface area contributed by atoms with Gasteiger partial charge in [-0.15, -0.1) is 6.61 Å². The first-order valence-electron chi connectivity index (χ1n) is 7.06. The lowest BCUT2D eigenvalue weighted by molar-refractivity contribution is -0.870. The third-order valence-corrected chi connectivity index (χ3v) is 5.53. The van der Waals surface area contributed by atoms with Gasteiger partial charge in [0.1, 0.15) is 0 Å². The van der Waals surface area contributed by atoms with Crippen LogP contribution in [0.5, 0.6) is 0 Å². The molecule has 0 aromatic carbocycles. The van der Waals surface area contributed by atoms with E-state index in [1.54, 1.807) is 0 Å². The Kier molecular flexibility index (Phi) is 10.7. The summed E-state index contributed by atoms with van der Waals surface area (Å²) in [4.78, 5) is 0. The van der Waals surface area contributed by atoms with E-state index in [2.05, 4.69) is 21.1 Å². The van der Waals surface area contributed by atoms with E-state index in [9.17, 15) is 48.3 Å². The first-order valence-corrected chi connectivity index (χ1v) is 10.0. The number of hydrogen-bond donors (Lipinski definition) is 1. The van der Waals surface area contributed by atoms with Gasteiger partial charge in [0.15, 0.2) is 0 Å². The van der Waals surface area contributed by atoms with Crippen LogP contribution >= 0.6 is 0 Å². The molecule has 26 heavy (non-hydrogen) atoms. The van der Waals surface area contributed by atoms with Crippen LogP contribution in [0.15, 0.2) is 0 Å². The van der Waals surface area contributed by atoms with Crippen LogP contribution in [0.4, 0.5) is 26.3 Å². The highest BCUT2D eigenvalue weighted by molar-refractivity contribution is 8.05.